The highest BCUT2D eigenvalue weighted by atomic mass is 15.7. The van der Waals surface area contributed by atoms with Crippen molar-refractivity contribution in [2.75, 3.05) is 19.6 Å². The summed E-state index contributed by atoms with van der Waals surface area (Å²) in [5.41, 5.74) is 6.32. The maximum absolute atomic E-state index is 3.64. The maximum atomic E-state index is 3.64. The minimum atomic E-state index is 0.782. The van der Waals surface area contributed by atoms with Crippen LogP contribution in [0.2, 0.25) is 0 Å². The SMILES string of the molecule is C=CCNN(CCC)NCC=C. The first-order valence-electron chi connectivity index (χ1n) is 4.31. The first-order chi connectivity index (χ1) is 5.85. The Morgan fingerprint density at radius 3 is 2.00 bits per heavy atom. The minimum Gasteiger partial charge on any atom is -0.238 e. The van der Waals surface area contributed by atoms with Gasteiger partial charge in [0.1, 0.15) is 0 Å². The Labute approximate surface area is 75.1 Å². The van der Waals surface area contributed by atoms with Crippen LogP contribution >= 0.6 is 0 Å². The molecule has 0 bridgehead atoms. The molecule has 0 radical (unpaired) electrons. The minimum absolute atomic E-state index is 0.782. The van der Waals surface area contributed by atoms with Gasteiger partial charge in [0.2, 0.25) is 0 Å². The van der Waals surface area contributed by atoms with Gasteiger partial charge in [-0.1, -0.05) is 19.1 Å². The van der Waals surface area contributed by atoms with E-state index in [1.165, 1.54) is 0 Å². The summed E-state index contributed by atoms with van der Waals surface area (Å²) in [6, 6.07) is 0. The standard InChI is InChI=1S/C9H19N3/c1-4-7-10-12(9-6-3)11-8-5-2/h4-5,10-11H,1-2,6-9H2,3H3. The maximum Gasteiger partial charge on any atom is 0.0294 e. The molecule has 0 saturated carbocycles. The largest absolute Gasteiger partial charge is 0.238 e. The molecule has 0 aliphatic heterocycles. The van der Waals surface area contributed by atoms with Gasteiger partial charge in [0, 0.05) is 19.6 Å². The Bertz CT molecular complexity index is 111. The van der Waals surface area contributed by atoms with Gasteiger partial charge in [-0.05, 0) is 6.42 Å². The molecule has 0 aromatic carbocycles. The molecule has 12 heavy (non-hydrogen) atoms. The summed E-state index contributed by atoms with van der Waals surface area (Å²) in [5, 5.41) is 1.96. The molecule has 70 valence electrons. The van der Waals surface area contributed by atoms with Gasteiger partial charge in [0.05, 0.1) is 0 Å². The average molecular weight is 169 g/mol. The molecule has 0 unspecified atom stereocenters. The molecule has 3 nitrogen and oxygen atoms in total. The Morgan fingerprint density at radius 1 is 1.17 bits per heavy atom. The van der Waals surface area contributed by atoms with Gasteiger partial charge in [-0.25, -0.2) is 10.9 Å². The second-order valence-corrected chi connectivity index (χ2v) is 2.45. The zero-order valence-corrected chi connectivity index (χ0v) is 7.84. The van der Waals surface area contributed by atoms with Crippen molar-refractivity contribution < 1.29 is 0 Å². The van der Waals surface area contributed by atoms with Crippen molar-refractivity contribution in [3.63, 3.8) is 0 Å². The third-order valence-electron chi connectivity index (χ3n) is 1.30. The number of hydrogen-bond acceptors (Lipinski definition) is 3. The van der Waals surface area contributed by atoms with E-state index < -0.39 is 0 Å². The quantitative estimate of drug-likeness (QED) is 0.420. The van der Waals surface area contributed by atoms with E-state index in [4.69, 9.17) is 0 Å². The van der Waals surface area contributed by atoms with Crippen molar-refractivity contribution in [3.8, 4) is 0 Å². The van der Waals surface area contributed by atoms with Crippen LogP contribution in [0.25, 0.3) is 0 Å². The second kappa shape index (κ2) is 8.46. The van der Waals surface area contributed by atoms with Crippen molar-refractivity contribution in [2.45, 2.75) is 13.3 Å². The van der Waals surface area contributed by atoms with Gasteiger partial charge >= 0.3 is 0 Å². The lowest BCUT2D eigenvalue weighted by atomic mass is 10.5. The predicted molar refractivity (Wildman–Crippen MR) is 53.4 cm³/mol. The van der Waals surface area contributed by atoms with Crippen molar-refractivity contribution in [1.29, 1.82) is 0 Å². The Hall–Kier alpha value is -0.640. The Kier molecular flexibility index (Phi) is 8.01. The van der Waals surface area contributed by atoms with Crippen molar-refractivity contribution in [3.05, 3.63) is 25.3 Å². The van der Waals surface area contributed by atoms with E-state index in [1.54, 1.807) is 0 Å². The number of nitrogens with zero attached hydrogens (tertiary/aromatic N) is 1. The first-order valence-corrected chi connectivity index (χ1v) is 4.31. The number of hydrazine groups is 2. The van der Waals surface area contributed by atoms with Gasteiger partial charge in [0.25, 0.3) is 0 Å². The van der Waals surface area contributed by atoms with Gasteiger partial charge in [0.15, 0.2) is 0 Å². The molecule has 0 rings (SSSR count). The fourth-order valence-corrected chi connectivity index (χ4v) is 0.787. The highest BCUT2D eigenvalue weighted by molar-refractivity contribution is 4.70. The Morgan fingerprint density at radius 2 is 1.67 bits per heavy atom. The van der Waals surface area contributed by atoms with Gasteiger partial charge in [-0.3, -0.25) is 0 Å². The average Bonchev–Trinajstić information content (AvgIpc) is 2.10. The number of hydrogen-bond donors (Lipinski definition) is 2. The molecule has 3 heteroatoms. The van der Waals surface area contributed by atoms with Crippen LogP contribution in [0.5, 0.6) is 0 Å². The lowest BCUT2D eigenvalue weighted by Crippen LogP contribution is -2.48. The van der Waals surface area contributed by atoms with E-state index in [0.29, 0.717) is 0 Å². The van der Waals surface area contributed by atoms with Crippen LogP contribution in [0.3, 0.4) is 0 Å². The molecular weight excluding hydrogens is 150 g/mol. The third kappa shape index (κ3) is 6.09. The van der Waals surface area contributed by atoms with Crippen molar-refractivity contribution >= 4 is 0 Å². The summed E-state index contributed by atoms with van der Waals surface area (Å²) in [5.74, 6) is 0. The van der Waals surface area contributed by atoms with E-state index in [-0.39, 0.29) is 0 Å². The van der Waals surface area contributed by atoms with Gasteiger partial charge < -0.3 is 0 Å². The normalized spacial score (nSPS) is 10.2. The van der Waals surface area contributed by atoms with E-state index in [0.717, 1.165) is 26.1 Å². The summed E-state index contributed by atoms with van der Waals surface area (Å²) in [6.07, 6.45) is 4.77. The van der Waals surface area contributed by atoms with Crippen LogP contribution in [0.4, 0.5) is 0 Å². The second-order valence-electron chi connectivity index (χ2n) is 2.45. The lowest BCUT2D eigenvalue weighted by molar-refractivity contribution is 0.128. The van der Waals surface area contributed by atoms with Crippen molar-refractivity contribution in [1.82, 2.24) is 16.0 Å². The van der Waals surface area contributed by atoms with Gasteiger partial charge in [-0.2, -0.15) is 5.12 Å². The van der Waals surface area contributed by atoms with Crippen LogP contribution in [0.1, 0.15) is 13.3 Å². The number of rotatable bonds is 8. The fourth-order valence-electron chi connectivity index (χ4n) is 0.787. The van der Waals surface area contributed by atoms with Crippen LogP contribution in [0.15, 0.2) is 25.3 Å². The third-order valence-corrected chi connectivity index (χ3v) is 1.30. The molecule has 0 aromatic heterocycles. The highest BCUT2D eigenvalue weighted by Gasteiger charge is 1.97. The summed E-state index contributed by atoms with van der Waals surface area (Å²) in [4.78, 5) is 0. The molecular formula is C9H19N3. The highest BCUT2D eigenvalue weighted by Crippen LogP contribution is 1.81. The molecule has 0 heterocycles. The van der Waals surface area contributed by atoms with Gasteiger partial charge in [-0.15, -0.1) is 13.2 Å². The fraction of sp³-hybridized carbons (Fsp3) is 0.556. The zero-order valence-electron chi connectivity index (χ0n) is 7.84. The molecule has 2 N–H and O–H groups in total. The molecule has 0 amide bonds. The van der Waals surface area contributed by atoms with E-state index in [9.17, 15) is 0 Å². The van der Waals surface area contributed by atoms with Crippen LogP contribution < -0.4 is 10.9 Å². The van der Waals surface area contributed by atoms with Crippen LogP contribution in [-0.2, 0) is 0 Å². The molecule has 0 aliphatic carbocycles. The monoisotopic (exact) mass is 169 g/mol. The lowest BCUT2D eigenvalue weighted by Gasteiger charge is -2.21. The molecule has 0 atom stereocenters. The van der Waals surface area contributed by atoms with E-state index in [2.05, 4.69) is 30.9 Å². The molecule has 0 aromatic rings. The predicted octanol–water partition coefficient (Wildman–Crippen LogP) is 1.08. The van der Waals surface area contributed by atoms with Crippen LogP contribution in [-0.4, -0.2) is 24.8 Å². The summed E-state index contributed by atoms with van der Waals surface area (Å²) in [6.45, 7) is 11.9. The van der Waals surface area contributed by atoms with E-state index >= 15 is 0 Å². The molecule has 0 saturated heterocycles. The molecule has 0 spiro atoms. The first kappa shape index (κ1) is 11.4. The molecule has 0 fully saturated rings. The molecule has 0 aliphatic rings. The summed E-state index contributed by atoms with van der Waals surface area (Å²) in [7, 11) is 0. The Balaban J connectivity index is 3.52. The summed E-state index contributed by atoms with van der Waals surface area (Å²) < 4.78 is 0. The summed E-state index contributed by atoms with van der Waals surface area (Å²) >= 11 is 0. The topological polar surface area (TPSA) is 27.3 Å². The van der Waals surface area contributed by atoms with Crippen molar-refractivity contribution in [2.24, 2.45) is 0 Å². The number of nitrogens with one attached hydrogen (secondary N) is 2. The smallest absolute Gasteiger partial charge is 0.0294 e. The van der Waals surface area contributed by atoms with E-state index in [1.807, 2.05) is 17.3 Å². The van der Waals surface area contributed by atoms with Crippen LogP contribution in [0, 0.1) is 0 Å². The zero-order chi connectivity index (χ0) is 9.23.